The molecule has 2 aromatic heterocycles. The third-order valence-electron chi connectivity index (χ3n) is 5.02. The number of nitrogens with one attached hydrogen (secondary N) is 1. The third kappa shape index (κ3) is 4.46. The predicted octanol–water partition coefficient (Wildman–Crippen LogP) is 4.54. The number of nitrogens with zero attached hydrogens (tertiary/aromatic N) is 3. The van der Waals surface area contributed by atoms with Gasteiger partial charge in [0.15, 0.2) is 0 Å². The number of carbonyl (C=O) groups is 1. The van der Waals surface area contributed by atoms with Crippen molar-refractivity contribution in [2.45, 2.75) is 26.8 Å². The van der Waals surface area contributed by atoms with Crippen molar-refractivity contribution >= 4 is 22.9 Å². The van der Waals surface area contributed by atoms with Crippen molar-refractivity contribution in [3.8, 4) is 21.8 Å². The quantitative estimate of drug-likeness (QED) is 0.487. The molecule has 0 saturated heterocycles. The van der Waals surface area contributed by atoms with E-state index in [9.17, 15) is 9.59 Å². The first kappa shape index (κ1) is 20.7. The summed E-state index contributed by atoms with van der Waals surface area (Å²) in [5.74, 6) is -0.269. The van der Waals surface area contributed by atoms with Gasteiger partial charge in [0, 0.05) is 22.8 Å². The number of thiazole rings is 1. The first-order valence-electron chi connectivity index (χ1n) is 10.0. The standard InChI is InChI=1S/C24H22N4O2S/c1-3-17-11-7-8-16(2)22(17)27-21(29)13-28-15-25-12-19(24(28)30)23-26-20(14-31-23)18-9-5-4-6-10-18/h4-12,14-15H,3,13H2,1-2H3,(H,27,29). The monoisotopic (exact) mass is 430 g/mol. The summed E-state index contributed by atoms with van der Waals surface area (Å²) in [5.41, 5.74) is 4.73. The molecule has 0 fully saturated rings. The maximum absolute atomic E-state index is 13.0. The highest BCUT2D eigenvalue weighted by molar-refractivity contribution is 7.13. The zero-order valence-corrected chi connectivity index (χ0v) is 18.1. The summed E-state index contributed by atoms with van der Waals surface area (Å²) in [6.07, 6.45) is 3.69. The van der Waals surface area contributed by atoms with Crippen molar-refractivity contribution in [2.75, 3.05) is 5.32 Å². The van der Waals surface area contributed by atoms with Gasteiger partial charge in [-0.2, -0.15) is 0 Å². The second kappa shape index (κ2) is 9.06. The number of aryl methyl sites for hydroxylation is 2. The van der Waals surface area contributed by atoms with E-state index in [1.165, 1.54) is 28.4 Å². The number of hydrogen-bond donors (Lipinski definition) is 1. The lowest BCUT2D eigenvalue weighted by Gasteiger charge is -2.13. The van der Waals surface area contributed by atoms with Crippen LogP contribution in [0.4, 0.5) is 5.69 Å². The van der Waals surface area contributed by atoms with Crippen LogP contribution >= 0.6 is 11.3 Å². The maximum atomic E-state index is 13.0. The molecule has 0 bridgehead atoms. The minimum Gasteiger partial charge on any atom is -0.324 e. The molecule has 0 aliphatic rings. The van der Waals surface area contributed by atoms with Crippen molar-refractivity contribution in [1.29, 1.82) is 0 Å². The van der Waals surface area contributed by atoms with E-state index in [0.717, 1.165) is 34.5 Å². The summed E-state index contributed by atoms with van der Waals surface area (Å²) >= 11 is 1.38. The average Bonchev–Trinajstić information content (AvgIpc) is 3.27. The number of hydrogen-bond acceptors (Lipinski definition) is 5. The Kier molecular flexibility index (Phi) is 6.04. The fourth-order valence-electron chi connectivity index (χ4n) is 3.38. The van der Waals surface area contributed by atoms with Crippen LogP contribution in [0.1, 0.15) is 18.1 Å². The Morgan fingerprint density at radius 1 is 1.13 bits per heavy atom. The molecule has 0 spiro atoms. The fourth-order valence-corrected chi connectivity index (χ4v) is 4.21. The molecule has 6 nitrogen and oxygen atoms in total. The van der Waals surface area contributed by atoms with E-state index in [0.29, 0.717) is 10.6 Å². The van der Waals surface area contributed by atoms with E-state index in [4.69, 9.17) is 0 Å². The van der Waals surface area contributed by atoms with Gasteiger partial charge in [0.1, 0.15) is 11.6 Å². The Balaban J connectivity index is 1.57. The van der Waals surface area contributed by atoms with E-state index in [2.05, 4.69) is 15.3 Å². The van der Waals surface area contributed by atoms with Crippen LogP contribution in [0.2, 0.25) is 0 Å². The van der Waals surface area contributed by atoms with Crippen LogP contribution in [0, 0.1) is 6.92 Å². The average molecular weight is 431 g/mol. The summed E-state index contributed by atoms with van der Waals surface area (Å²) in [6, 6.07) is 15.7. The molecule has 0 atom stereocenters. The minimum absolute atomic E-state index is 0.117. The van der Waals surface area contributed by atoms with Crippen LogP contribution in [0.3, 0.4) is 0 Å². The summed E-state index contributed by atoms with van der Waals surface area (Å²) in [5, 5.41) is 5.45. The maximum Gasteiger partial charge on any atom is 0.264 e. The molecule has 0 saturated carbocycles. The van der Waals surface area contributed by atoms with Crippen molar-refractivity contribution in [1.82, 2.24) is 14.5 Å². The number of rotatable bonds is 6. The van der Waals surface area contributed by atoms with Crippen LogP contribution in [0.5, 0.6) is 0 Å². The van der Waals surface area contributed by atoms with Gasteiger partial charge >= 0.3 is 0 Å². The van der Waals surface area contributed by atoms with Gasteiger partial charge in [-0.1, -0.05) is 55.5 Å². The van der Waals surface area contributed by atoms with Gasteiger partial charge in [-0.15, -0.1) is 11.3 Å². The van der Waals surface area contributed by atoms with Crippen molar-refractivity contribution in [2.24, 2.45) is 0 Å². The lowest BCUT2D eigenvalue weighted by molar-refractivity contribution is -0.116. The molecule has 4 aromatic rings. The fraction of sp³-hybridized carbons (Fsp3) is 0.167. The summed E-state index contributed by atoms with van der Waals surface area (Å²) in [6.45, 7) is 3.88. The molecule has 7 heteroatoms. The van der Waals surface area contributed by atoms with Crippen molar-refractivity contribution < 1.29 is 4.79 Å². The summed E-state index contributed by atoms with van der Waals surface area (Å²) < 4.78 is 1.32. The van der Waals surface area contributed by atoms with Gasteiger partial charge in [0.05, 0.1) is 17.6 Å². The first-order chi connectivity index (χ1) is 15.1. The van der Waals surface area contributed by atoms with Gasteiger partial charge in [0.2, 0.25) is 5.91 Å². The molecular formula is C24H22N4O2S. The Labute approximate surface area is 184 Å². The predicted molar refractivity (Wildman–Crippen MR) is 124 cm³/mol. The van der Waals surface area contributed by atoms with E-state index in [1.54, 1.807) is 0 Å². The van der Waals surface area contributed by atoms with Gasteiger partial charge in [-0.3, -0.25) is 14.2 Å². The SMILES string of the molecule is CCc1cccc(C)c1NC(=O)Cn1cncc(-c2nc(-c3ccccc3)cs2)c1=O. The third-order valence-corrected chi connectivity index (χ3v) is 5.90. The number of amides is 1. The zero-order chi connectivity index (χ0) is 21.8. The Morgan fingerprint density at radius 2 is 1.94 bits per heavy atom. The molecule has 31 heavy (non-hydrogen) atoms. The van der Waals surface area contributed by atoms with E-state index < -0.39 is 0 Å². The topological polar surface area (TPSA) is 76.9 Å². The van der Waals surface area contributed by atoms with Crippen LogP contribution in [0.25, 0.3) is 21.8 Å². The molecule has 4 rings (SSSR count). The minimum atomic E-state index is -0.292. The largest absolute Gasteiger partial charge is 0.324 e. The highest BCUT2D eigenvalue weighted by Gasteiger charge is 2.15. The second-order valence-electron chi connectivity index (χ2n) is 7.16. The lowest BCUT2D eigenvalue weighted by atomic mass is 10.1. The molecule has 0 radical (unpaired) electrons. The Morgan fingerprint density at radius 3 is 2.71 bits per heavy atom. The van der Waals surface area contributed by atoms with E-state index in [-0.39, 0.29) is 18.0 Å². The number of carbonyl (C=O) groups excluding carboxylic acids is 1. The van der Waals surface area contributed by atoms with Gasteiger partial charge < -0.3 is 5.32 Å². The Hall–Kier alpha value is -3.58. The number of anilines is 1. The van der Waals surface area contributed by atoms with Crippen LogP contribution < -0.4 is 10.9 Å². The van der Waals surface area contributed by atoms with Gasteiger partial charge in [-0.25, -0.2) is 9.97 Å². The van der Waals surface area contributed by atoms with Crippen molar-refractivity contribution in [3.63, 3.8) is 0 Å². The lowest BCUT2D eigenvalue weighted by Crippen LogP contribution is -2.29. The van der Waals surface area contributed by atoms with E-state index in [1.807, 2.05) is 67.8 Å². The molecule has 0 aliphatic heterocycles. The molecule has 1 N–H and O–H groups in total. The molecule has 1 amide bonds. The summed E-state index contributed by atoms with van der Waals surface area (Å²) in [7, 11) is 0. The molecule has 2 aromatic carbocycles. The van der Waals surface area contributed by atoms with Crippen LogP contribution in [0.15, 0.2) is 71.2 Å². The first-order valence-corrected chi connectivity index (χ1v) is 10.9. The summed E-state index contributed by atoms with van der Waals surface area (Å²) in [4.78, 5) is 34.4. The number of benzene rings is 2. The van der Waals surface area contributed by atoms with Crippen LogP contribution in [-0.2, 0) is 17.8 Å². The molecule has 0 aliphatic carbocycles. The number of para-hydroxylation sites is 1. The molecule has 2 heterocycles. The van der Waals surface area contributed by atoms with Gasteiger partial charge in [0.25, 0.3) is 5.56 Å². The normalized spacial score (nSPS) is 10.8. The van der Waals surface area contributed by atoms with E-state index >= 15 is 0 Å². The Bertz CT molecular complexity index is 1280. The van der Waals surface area contributed by atoms with Gasteiger partial charge in [-0.05, 0) is 24.5 Å². The van der Waals surface area contributed by atoms with Crippen LogP contribution in [-0.4, -0.2) is 20.4 Å². The van der Waals surface area contributed by atoms with Crippen molar-refractivity contribution in [3.05, 3.63) is 87.9 Å². The molecule has 156 valence electrons. The second-order valence-corrected chi connectivity index (χ2v) is 8.01. The molecule has 0 unspecified atom stereocenters. The smallest absolute Gasteiger partial charge is 0.264 e. The highest BCUT2D eigenvalue weighted by Crippen LogP contribution is 2.26. The zero-order valence-electron chi connectivity index (χ0n) is 17.3. The molecular weight excluding hydrogens is 408 g/mol. The highest BCUT2D eigenvalue weighted by atomic mass is 32.1. The number of aromatic nitrogens is 3.